The van der Waals surface area contributed by atoms with Gasteiger partial charge in [-0.3, -0.25) is 9.00 Å². The monoisotopic (exact) mass is 527 g/mol. The molecule has 1 saturated carbocycles. The molecule has 0 radical (unpaired) electrons. The number of benzene rings is 1. The molecule has 1 amide bonds. The minimum absolute atomic E-state index is 0.0132. The lowest BCUT2D eigenvalue weighted by atomic mass is 9.81. The van der Waals surface area contributed by atoms with Gasteiger partial charge in [-0.25, -0.2) is 14.3 Å². The van der Waals surface area contributed by atoms with Crippen LogP contribution in [0, 0.1) is 5.92 Å². The first-order chi connectivity index (χ1) is 16.8. The molecule has 0 aliphatic heterocycles. The van der Waals surface area contributed by atoms with E-state index in [2.05, 4.69) is 26.5 Å². The fraction of sp³-hybridized carbons (Fsp3) is 0.500. The Hall–Kier alpha value is -2.86. The van der Waals surface area contributed by atoms with Gasteiger partial charge < -0.3 is 15.4 Å². The molecule has 1 fully saturated rings. The summed E-state index contributed by atoms with van der Waals surface area (Å²) in [6, 6.07) is 4.66. The van der Waals surface area contributed by atoms with E-state index in [-0.39, 0.29) is 35.9 Å². The number of anilines is 3. The van der Waals surface area contributed by atoms with Crippen molar-refractivity contribution in [1.82, 2.24) is 14.3 Å². The molecule has 1 unspecified atom stereocenters. The molecule has 2 N–H and O–H groups in total. The average Bonchev–Trinajstić information content (AvgIpc) is 2.78. The van der Waals surface area contributed by atoms with Gasteiger partial charge in [-0.2, -0.15) is 13.2 Å². The van der Waals surface area contributed by atoms with Crippen LogP contribution in [0.3, 0.4) is 0 Å². The summed E-state index contributed by atoms with van der Waals surface area (Å²) in [6.45, 7) is 1.38. The maximum atomic E-state index is 13.9. The molecule has 0 spiro atoms. The van der Waals surface area contributed by atoms with E-state index in [0.29, 0.717) is 23.5 Å². The lowest BCUT2D eigenvalue weighted by molar-refractivity contribution is -0.138. The van der Waals surface area contributed by atoms with E-state index in [1.165, 1.54) is 20.3 Å². The van der Waals surface area contributed by atoms with Crippen LogP contribution in [0.5, 0.6) is 5.75 Å². The first-order valence-electron chi connectivity index (χ1n) is 11.5. The number of carbonyl (C=O) groups is 1. The van der Waals surface area contributed by atoms with Gasteiger partial charge in [0.15, 0.2) is 0 Å². The Kier molecular flexibility index (Phi) is 8.50. The summed E-state index contributed by atoms with van der Waals surface area (Å²) < 4.78 is 61.2. The zero-order valence-corrected chi connectivity index (χ0v) is 21.6. The van der Waals surface area contributed by atoms with Crippen molar-refractivity contribution in [3.05, 3.63) is 35.7 Å². The molecule has 198 valence electrons. The molecule has 3 atom stereocenters. The van der Waals surface area contributed by atoms with Gasteiger partial charge in [0.2, 0.25) is 11.9 Å². The summed E-state index contributed by atoms with van der Waals surface area (Å²) in [5.74, 6) is 3.67. The molecule has 2 aromatic rings. The maximum Gasteiger partial charge on any atom is 0.419 e. The summed E-state index contributed by atoms with van der Waals surface area (Å²) in [4.78, 5) is 19.5. The molecule has 1 aliphatic rings. The highest BCUT2D eigenvalue weighted by Crippen LogP contribution is 2.37. The van der Waals surface area contributed by atoms with Crippen molar-refractivity contribution in [2.45, 2.75) is 51.2 Å². The standard InChI is InChI=1S/C24H32F3N5O3S/c1-15(33)29-17-10-11-19(22(13-17)35-3)30-23-28-14-18(24(25,26)27)20(31-23)12-16-8-6-7-9-21(16)32(2)36(4,5)34/h10-11,13-14,16,21H,4,6-9,12H2,1-3,5H3,(H,29,33)(H,28,30,31)/t16-,21+,36?/m0/s1. The third kappa shape index (κ3) is 6.88. The molecule has 0 bridgehead atoms. The Morgan fingerprint density at radius 3 is 2.61 bits per heavy atom. The number of rotatable bonds is 8. The molecule has 1 heterocycles. The Morgan fingerprint density at radius 1 is 1.31 bits per heavy atom. The van der Waals surface area contributed by atoms with Crippen molar-refractivity contribution < 1.29 is 26.9 Å². The molecule has 36 heavy (non-hydrogen) atoms. The largest absolute Gasteiger partial charge is 0.494 e. The van der Waals surface area contributed by atoms with Crippen LogP contribution in [0.25, 0.3) is 0 Å². The number of aromatic nitrogens is 2. The number of carbonyl (C=O) groups excluding carboxylic acids is 1. The lowest BCUT2D eigenvalue weighted by Crippen LogP contribution is -2.43. The Balaban J connectivity index is 1.94. The van der Waals surface area contributed by atoms with Crippen molar-refractivity contribution in [3.63, 3.8) is 0 Å². The predicted molar refractivity (Wildman–Crippen MR) is 136 cm³/mol. The van der Waals surface area contributed by atoms with Gasteiger partial charge in [0, 0.05) is 46.9 Å². The van der Waals surface area contributed by atoms with Gasteiger partial charge in [-0.1, -0.05) is 12.8 Å². The second kappa shape index (κ2) is 11.0. The molecule has 1 aromatic carbocycles. The summed E-state index contributed by atoms with van der Waals surface area (Å²) in [5, 5.41) is 5.57. The molecular weight excluding hydrogens is 495 g/mol. The van der Waals surface area contributed by atoms with E-state index < -0.39 is 21.4 Å². The minimum atomic E-state index is -4.62. The van der Waals surface area contributed by atoms with E-state index in [1.807, 2.05) is 0 Å². The third-order valence-corrected chi connectivity index (χ3v) is 7.83. The summed E-state index contributed by atoms with van der Waals surface area (Å²) in [5.41, 5.74) is -0.0784. The SMILES string of the molecule is C=S(C)(=O)N(C)[C@@H]1CCCC[C@H]1Cc1nc(Nc2ccc(NC(C)=O)cc2OC)ncc1C(F)(F)F. The number of nitrogens with one attached hydrogen (secondary N) is 2. The van der Waals surface area contributed by atoms with Gasteiger partial charge in [-0.15, -0.1) is 0 Å². The van der Waals surface area contributed by atoms with Gasteiger partial charge in [-0.05, 0) is 50.2 Å². The second-order valence-corrected chi connectivity index (χ2v) is 11.6. The molecule has 3 rings (SSSR count). The first-order valence-corrected chi connectivity index (χ1v) is 13.6. The predicted octanol–water partition coefficient (Wildman–Crippen LogP) is 4.50. The highest BCUT2D eigenvalue weighted by atomic mass is 32.2. The van der Waals surface area contributed by atoms with Gasteiger partial charge in [0.05, 0.1) is 24.1 Å². The van der Waals surface area contributed by atoms with E-state index >= 15 is 0 Å². The number of ether oxygens (including phenoxy) is 1. The molecular formula is C24H32F3N5O3S. The Labute approximate surface area is 209 Å². The van der Waals surface area contributed by atoms with Crippen molar-refractivity contribution in [2.75, 3.05) is 31.0 Å². The van der Waals surface area contributed by atoms with E-state index in [4.69, 9.17) is 4.74 Å². The third-order valence-electron chi connectivity index (χ3n) is 6.34. The van der Waals surface area contributed by atoms with Crippen LogP contribution in [0.1, 0.15) is 43.9 Å². The minimum Gasteiger partial charge on any atom is -0.494 e. The number of hydrogen-bond donors (Lipinski definition) is 2. The highest BCUT2D eigenvalue weighted by molar-refractivity contribution is 7.97. The second-order valence-electron chi connectivity index (χ2n) is 9.09. The molecule has 1 aromatic heterocycles. The first kappa shape index (κ1) is 27.7. The van der Waals surface area contributed by atoms with Crippen molar-refractivity contribution >= 4 is 38.8 Å². The smallest absolute Gasteiger partial charge is 0.419 e. The average molecular weight is 528 g/mol. The maximum absolute atomic E-state index is 13.9. The van der Waals surface area contributed by atoms with Crippen LogP contribution in [-0.4, -0.2) is 56.7 Å². The molecule has 1 aliphatic carbocycles. The Morgan fingerprint density at radius 2 is 2.00 bits per heavy atom. The van der Waals surface area contributed by atoms with Crippen LogP contribution >= 0.6 is 0 Å². The quantitative estimate of drug-likeness (QED) is 0.491. The van der Waals surface area contributed by atoms with E-state index in [1.54, 1.807) is 29.6 Å². The normalized spacial score (nSPS) is 20.0. The van der Waals surface area contributed by atoms with Crippen LogP contribution in [-0.2, 0) is 27.1 Å². The molecule has 12 heteroatoms. The highest BCUT2D eigenvalue weighted by Gasteiger charge is 2.38. The zero-order valence-electron chi connectivity index (χ0n) is 20.8. The van der Waals surface area contributed by atoms with Crippen LogP contribution < -0.4 is 15.4 Å². The van der Waals surface area contributed by atoms with Gasteiger partial charge in [0.25, 0.3) is 0 Å². The number of nitrogens with zero attached hydrogens (tertiary/aromatic N) is 3. The summed E-state index contributed by atoms with van der Waals surface area (Å²) >= 11 is 0. The Bertz CT molecular complexity index is 1200. The number of methoxy groups -OCH3 is 1. The van der Waals surface area contributed by atoms with Crippen LogP contribution in [0.4, 0.5) is 30.5 Å². The summed E-state index contributed by atoms with van der Waals surface area (Å²) in [7, 11) is 0.643. The number of halogens is 3. The fourth-order valence-corrected chi connectivity index (χ4v) is 5.36. The molecule has 8 nitrogen and oxygen atoms in total. The number of amides is 1. The van der Waals surface area contributed by atoms with Crippen molar-refractivity contribution in [1.29, 1.82) is 0 Å². The number of alkyl halides is 3. The number of hydrogen-bond acceptors (Lipinski definition) is 6. The van der Waals surface area contributed by atoms with Gasteiger partial charge in [0.1, 0.15) is 5.75 Å². The van der Waals surface area contributed by atoms with E-state index in [9.17, 15) is 22.2 Å². The van der Waals surface area contributed by atoms with Crippen LogP contribution in [0.15, 0.2) is 24.4 Å². The van der Waals surface area contributed by atoms with E-state index in [0.717, 1.165) is 25.5 Å². The lowest BCUT2D eigenvalue weighted by Gasteiger charge is -2.38. The van der Waals surface area contributed by atoms with Crippen molar-refractivity contribution in [3.8, 4) is 5.75 Å². The van der Waals surface area contributed by atoms with Gasteiger partial charge >= 0.3 is 6.18 Å². The topological polar surface area (TPSA) is 96.5 Å². The van der Waals surface area contributed by atoms with Crippen molar-refractivity contribution in [2.24, 2.45) is 5.92 Å². The summed E-state index contributed by atoms with van der Waals surface area (Å²) in [6.07, 6.45) is 1.00. The fourth-order valence-electron chi connectivity index (χ4n) is 4.51. The zero-order chi connectivity index (χ0) is 26.7. The molecule has 0 saturated heterocycles. The van der Waals surface area contributed by atoms with Crippen LogP contribution in [0.2, 0.25) is 0 Å².